The highest BCUT2D eigenvalue weighted by Crippen LogP contribution is 2.30. The van der Waals surface area contributed by atoms with Gasteiger partial charge in [-0.3, -0.25) is 28.8 Å². The number of hydrogen-bond donors (Lipinski definition) is 9. The highest BCUT2D eigenvalue weighted by Gasteiger charge is 2.27. The number of primary amides is 3. The van der Waals surface area contributed by atoms with Crippen LogP contribution in [0.2, 0.25) is 0 Å². The monoisotopic (exact) mass is 1320 g/mol. The number of ether oxygens (including phenoxy) is 3. The molecule has 13 N–H and O–H groups in total. The van der Waals surface area contributed by atoms with Crippen molar-refractivity contribution in [3.63, 3.8) is 0 Å². The number of carbonyl (C=O) groups is 6. The fraction of sp³-hybridized carbons (Fsp3) is 0.397. The van der Waals surface area contributed by atoms with Crippen molar-refractivity contribution in [3.05, 3.63) is 143 Å². The maximum atomic E-state index is 12.7. The van der Waals surface area contributed by atoms with E-state index in [4.69, 9.17) is 47.7 Å². The summed E-state index contributed by atoms with van der Waals surface area (Å²) in [5, 5.41) is 33.0. The lowest BCUT2D eigenvalue weighted by molar-refractivity contribution is 0.0301. The van der Waals surface area contributed by atoms with E-state index in [1.807, 2.05) is 12.4 Å². The van der Waals surface area contributed by atoms with Crippen molar-refractivity contribution in [1.82, 2.24) is 40.3 Å². The number of nitrogens with one attached hydrogen (secondary N) is 5. The third-order valence-electron chi connectivity index (χ3n) is 17.3. The van der Waals surface area contributed by atoms with E-state index < -0.39 is 17.7 Å². The lowest BCUT2D eigenvalue weighted by Gasteiger charge is -2.33. The van der Waals surface area contributed by atoms with Crippen molar-refractivity contribution < 1.29 is 43.0 Å². The fourth-order valence-corrected chi connectivity index (χ4v) is 12.1. The van der Waals surface area contributed by atoms with Gasteiger partial charge in [-0.15, -0.1) is 0 Å². The molecule has 6 aromatic rings. The third-order valence-corrected chi connectivity index (χ3v) is 17.3. The summed E-state index contributed by atoms with van der Waals surface area (Å²) in [4.78, 5) is 99.4. The molecule has 0 aliphatic carbocycles. The summed E-state index contributed by atoms with van der Waals surface area (Å²) in [5.41, 5.74) is 27.5. The molecule has 0 unspecified atom stereocenters. The smallest absolute Gasteiger partial charge is 0.254 e. The van der Waals surface area contributed by atoms with Crippen LogP contribution in [0.4, 0.5) is 52.0 Å². The Labute approximate surface area is 562 Å². The predicted octanol–water partition coefficient (Wildman–Crippen LogP) is 4.20. The molecule has 6 aliphatic heterocycles. The number of amides is 6. The molecular formula is C68H82N20O9. The number of anilines is 9. The van der Waals surface area contributed by atoms with E-state index in [0.717, 1.165) is 70.5 Å². The zero-order valence-electron chi connectivity index (χ0n) is 54.0. The van der Waals surface area contributed by atoms with Gasteiger partial charge in [0.05, 0.1) is 68.4 Å². The molecule has 9 heterocycles. The van der Waals surface area contributed by atoms with Crippen molar-refractivity contribution in [2.45, 2.75) is 56.7 Å². The Morgan fingerprint density at radius 3 is 0.969 bits per heavy atom. The van der Waals surface area contributed by atoms with Crippen LogP contribution < -0.4 is 64.2 Å². The minimum atomic E-state index is -0.585. The van der Waals surface area contributed by atoms with Gasteiger partial charge < -0.3 is 93.1 Å². The number of benzene rings is 3. The van der Waals surface area contributed by atoms with Gasteiger partial charge in [0.15, 0.2) is 12.4 Å². The van der Waals surface area contributed by atoms with Gasteiger partial charge in [-0.25, -0.2) is 15.0 Å². The normalized spacial score (nSPS) is 18.6. The van der Waals surface area contributed by atoms with E-state index in [0.29, 0.717) is 160 Å². The Morgan fingerprint density at radius 1 is 0.402 bits per heavy atom. The van der Waals surface area contributed by atoms with Crippen LogP contribution in [0.15, 0.2) is 109 Å². The average Bonchev–Trinajstić information content (AvgIpc) is 0.926. The quantitative estimate of drug-likeness (QED) is 0.0456. The second-order valence-corrected chi connectivity index (χ2v) is 24.0. The van der Waals surface area contributed by atoms with Crippen molar-refractivity contribution in [1.29, 1.82) is 10.5 Å². The number of aromatic nitrogens is 3. The van der Waals surface area contributed by atoms with Crippen LogP contribution in [0.25, 0.3) is 0 Å². The molecular weight excluding hydrogens is 1240 g/mol. The van der Waals surface area contributed by atoms with E-state index >= 15 is 0 Å². The van der Waals surface area contributed by atoms with Gasteiger partial charge in [-0.2, -0.15) is 10.5 Å². The first kappa shape index (κ1) is 69.0. The van der Waals surface area contributed by atoms with Crippen molar-refractivity contribution in [2.75, 3.05) is 149 Å². The van der Waals surface area contributed by atoms with E-state index in [1.165, 1.54) is 0 Å². The van der Waals surface area contributed by atoms with Crippen LogP contribution in [0, 0.1) is 22.9 Å². The lowest BCUT2D eigenvalue weighted by Crippen LogP contribution is -2.44. The van der Waals surface area contributed by atoms with Crippen molar-refractivity contribution >= 4 is 87.4 Å². The molecule has 6 amide bonds. The van der Waals surface area contributed by atoms with Crippen LogP contribution in [0.5, 0.6) is 0 Å². The summed E-state index contributed by atoms with van der Waals surface area (Å²) in [6.45, 7) is 11.3. The van der Waals surface area contributed by atoms with Gasteiger partial charge >= 0.3 is 0 Å². The number of morpholine rings is 3. The molecule has 29 heteroatoms. The second kappa shape index (κ2) is 33.5. The first-order valence-electron chi connectivity index (χ1n) is 32.6. The summed E-state index contributed by atoms with van der Waals surface area (Å²) < 4.78 is 15.9. The van der Waals surface area contributed by atoms with Gasteiger partial charge in [0, 0.05) is 118 Å². The van der Waals surface area contributed by atoms with Crippen molar-refractivity contribution in [3.8, 4) is 12.4 Å². The van der Waals surface area contributed by atoms with Gasteiger partial charge in [-0.1, -0.05) is 0 Å². The second-order valence-electron chi connectivity index (χ2n) is 24.0. The van der Waals surface area contributed by atoms with Crippen LogP contribution >= 0.6 is 0 Å². The Bertz CT molecular complexity index is 3640. The number of carbonyl (C=O) groups excluding carboxylic acids is 6. The molecule has 29 nitrogen and oxygen atoms in total. The van der Waals surface area contributed by atoms with Crippen LogP contribution in [0.1, 0.15) is 101 Å². The topological polar surface area (TPSA) is 400 Å². The van der Waals surface area contributed by atoms with Gasteiger partial charge in [0.1, 0.15) is 34.9 Å². The third kappa shape index (κ3) is 18.5. The number of hydrogen-bond acceptors (Lipinski definition) is 23. The molecule has 3 atom stereocenters. The van der Waals surface area contributed by atoms with E-state index in [-0.39, 0.29) is 47.0 Å². The highest BCUT2D eigenvalue weighted by atomic mass is 16.5. The van der Waals surface area contributed by atoms with Gasteiger partial charge in [-0.05, 0) is 148 Å². The maximum absolute atomic E-state index is 12.7. The molecule has 0 radical (unpaired) electrons. The molecule has 6 fully saturated rings. The highest BCUT2D eigenvalue weighted by molar-refractivity contribution is 6.01. The standard InChI is InChI=1S/2C23H27N7O3.C22H28N6O3/c2*24-15-26-18-2-1-9-30(14-18)20-8-7-19(21(25)31)22(28-20)27-17-5-3-16(4-6-17)23(32)29-10-12-33-13-11-29;23-16-2-1-9-28(14-16)19-8-7-18(20(24)29)21(26-19)25-17-5-3-15(4-6-17)22(30)27-10-12-31-13-11-27/h2*3-8,18,26H,1-2,9-14H2,(H2,25,31)(H,27,28);3-8,16H,1-2,9-14,23H2,(H2,24,29)(H,25,26)/t2*18-;16-/m111/s1. The maximum Gasteiger partial charge on any atom is 0.254 e. The summed E-state index contributed by atoms with van der Waals surface area (Å²) in [7, 11) is 0. The Kier molecular flexibility index (Phi) is 23.8. The zero-order chi connectivity index (χ0) is 68.2. The number of nitrogens with zero attached hydrogens (tertiary/aromatic N) is 11. The molecule has 97 heavy (non-hydrogen) atoms. The first-order chi connectivity index (χ1) is 47.1. The van der Waals surface area contributed by atoms with E-state index in [9.17, 15) is 28.8 Å². The largest absolute Gasteiger partial charge is 0.378 e. The SMILES string of the molecule is N#CN[C@@H]1CCCN(c2ccc(C(N)=O)c(Nc3ccc(C(=O)N4CCOCC4)cc3)n2)C1.N#CN[C@@H]1CCCN(c2ccc(C(N)=O)c(Nc3ccc(C(=O)N4CCOCC4)cc3)n2)C1.NC(=O)c1ccc(N2CCC[C@@H](N)C2)nc1Nc1ccc(C(=O)N2CCOCC2)cc1. The fourth-order valence-electron chi connectivity index (χ4n) is 12.1. The Hall–Kier alpha value is -10.9. The average molecular weight is 1320 g/mol. The molecule has 3 aromatic carbocycles. The van der Waals surface area contributed by atoms with Gasteiger partial charge in [0.25, 0.3) is 35.4 Å². The number of rotatable bonds is 17. The summed E-state index contributed by atoms with van der Waals surface area (Å²) in [6, 6.07) is 31.8. The zero-order valence-corrected chi connectivity index (χ0v) is 54.0. The number of pyridine rings is 3. The molecule has 3 aromatic heterocycles. The molecule has 0 bridgehead atoms. The number of nitriles is 2. The minimum absolute atomic E-state index is 0.0192. The number of piperidine rings is 3. The molecule has 6 saturated heterocycles. The number of nitrogens with two attached hydrogens (primary N) is 4. The summed E-state index contributed by atoms with van der Waals surface area (Å²) in [5.74, 6) is 1.42. The molecule has 12 rings (SSSR count). The first-order valence-corrected chi connectivity index (χ1v) is 32.6. The van der Waals surface area contributed by atoms with Crippen molar-refractivity contribution in [2.24, 2.45) is 22.9 Å². The van der Waals surface area contributed by atoms with Crippen LogP contribution in [0.3, 0.4) is 0 Å². The molecule has 508 valence electrons. The Balaban J connectivity index is 0.000000158. The van der Waals surface area contributed by atoms with E-state index in [2.05, 4.69) is 56.2 Å². The lowest BCUT2D eigenvalue weighted by atomic mass is 10.1. The van der Waals surface area contributed by atoms with Crippen LogP contribution in [-0.4, -0.2) is 201 Å². The molecule has 6 aliphatic rings. The molecule has 0 spiro atoms. The predicted molar refractivity (Wildman–Crippen MR) is 365 cm³/mol. The van der Waals surface area contributed by atoms with Crippen LogP contribution in [-0.2, 0) is 14.2 Å². The summed E-state index contributed by atoms with van der Waals surface area (Å²) in [6.07, 6.45) is 9.71. The van der Waals surface area contributed by atoms with Gasteiger partial charge in [0.2, 0.25) is 0 Å². The summed E-state index contributed by atoms with van der Waals surface area (Å²) >= 11 is 0. The minimum Gasteiger partial charge on any atom is -0.378 e. The van der Waals surface area contributed by atoms with E-state index in [1.54, 1.807) is 124 Å². The Morgan fingerprint density at radius 2 is 0.691 bits per heavy atom. The molecule has 0 saturated carbocycles.